The molecular weight excluding hydrogens is 266 g/mol. The molecule has 2 rings (SSSR count). The van der Waals surface area contributed by atoms with Gasteiger partial charge in [-0.15, -0.1) is 0 Å². The van der Waals surface area contributed by atoms with Gasteiger partial charge in [0.25, 0.3) is 0 Å². The maximum Gasteiger partial charge on any atom is 0.225 e. The van der Waals surface area contributed by atoms with Gasteiger partial charge in [-0.3, -0.25) is 0 Å². The predicted octanol–water partition coefficient (Wildman–Crippen LogP) is 2.70. The highest BCUT2D eigenvalue weighted by Gasteiger charge is 2.25. The molecule has 4 heteroatoms. The number of aryl methyl sites for hydroxylation is 2. The van der Waals surface area contributed by atoms with Gasteiger partial charge in [-0.05, 0) is 32.3 Å². The highest BCUT2D eigenvalue weighted by molar-refractivity contribution is 9.09. The molecule has 16 heavy (non-hydrogen) atoms. The molecule has 0 saturated carbocycles. The number of rotatable bonds is 1. The topological polar surface area (TPSA) is 29.0 Å². The van der Waals surface area contributed by atoms with E-state index >= 15 is 0 Å². The Kier molecular flexibility index (Phi) is 3.47. The number of hydrogen-bond acceptors (Lipinski definition) is 3. The minimum atomic E-state index is 0.634. The van der Waals surface area contributed by atoms with Crippen LogP contribution in [-0.2, 0) is 0 Å². The number of hydrogen-bond donors (Lipinski definition) is 0. The maximum atomic E-state index is 4.52. The molecule has 0 aliphatic carbocycles. The summed E-state index contributed by atoms with van der Waals surface area (Å²) >= 11 is 3.72. The van der Waals surface area contributed by atoms with Crippen LogP contribution in [0.4, 0.5) is 5.95 Å². The second-order valence-corrected chi connectivity index (χ2v) is 5.85. The van der Waals surface area contributed by atoms with Gasteiger partial charge in [-0.1, -0.05) is 22.9 Å². The lowest BCUT2D eigenvalue weighted by molar-refractivity contribution is 0.460. The molecule has 1 aromatic rings. The van der Waals surface area contributed by atoms with Crippen LogP contribution in [0.15, 0.2) is 6.07 Å². The van der Waals surface area contributed by atoms with Gasteiger partial charge in [-0.2, -0.15) is 0 Å². The third kappa shape index (κ3) is 2.54. The van der Waals surface area contributed by atoms with E-state index in [1.165, 1.54) is 0 Å². The Bertz CT molecular complexity index is 360. The fourth-order valence-electron chi connectivity index (χ4n) is 2.15. The van der Waals surface area contributed by atoms with Crippen LogP contribution in [0, 0.1) is 19.8 Å². The number of anilines is 1. The van der Waals surface area contributed by atoms with Crippen molar-refractivity contribution in [2.24, 2.45) is 5.92 Å². The molecule has 0 spiro atoms. The van der Waals surface area contributed by atoms with Crippen LogP contribution in [0.3, 0.4) is 0 Å². The van der Waals surface area contributed by atoms with Crippen LogP contribution in [0.5, 0.6) is 0 Å². The van der Waals surface area contributed by atoms with Crippen molar-refractivity contribution in [2.75, 3.05) is 18.0 Å². The summed E-state index contributed by atoms with van der Waals surface area (Å²) in [6, 6.07) is 2.02. The molecule has 2 atom stereocenters. The van der Waals surface area contributed by atoms with E-state index in [1.54, 1.807) is 0 Å². The van der Waals surface area contributed by atoms with E-state index in [4.69, 9.17) is 0 Å². The second kappa shape index (κ2) is 4.70. The summed E-state index contributed by atoms with van der Waals surface area (Å²) in [5.41, 5.74) is 2.10. The van der Waals surface area contributed by atoms with Crippen molar-refractivity contribution < 1.29 is 0 Å². The highest BCUT2D eigenvalue weighted by Crippen LogP contribution is 2.25. The van der Waals surface area contributed by atoms with E-state index in [1.807, 2.05) is 19.9 Å². The van der Waals surface area contributed by atoms with E-state index in [-0.39, 0.29) is 0 Å². The molecule has 1 saturated heterocycles. The number of halogens is 1. The molecule has 2 unspecified atom stereocenters. The zero-order chi connectivity index (χ0) is 11.7. The summed E-state index contributed by atoms with van der Waals surface area (Å²) in [5, 5.41) is 0. The Hall–Kier alpha value is -0.640. The van der Waals surface area contributed by atoms with E-state index < -0.39 is 0 Å². The van der Waals surface area contributed by atoms with Gasteiger partial charge in [0, 0.05) is 29.3 Å². The molecule has 2 heterocycles. The van der Waals surface area contributed by atoms with Crippen LogP contribution in [-0.4, -0.2) is 27.9 Å². The molecule has 0 radical (unpaired) electrons. The van der Waals surface area contributed by atoms with Gasteiger partial charge >= 0.3 is 0 Å². The van der Waals surface area contributed by atoms with E-state index in [0.29, 0.717) is 10.7 Å². The Morgan fingerprint density at radius 3 is 2.50 bits per heavy atom. The first-order valence-electron chi connectivity index (χ1n) is 5.77. The molecule has 88 valence electrons. The van der Waals surface area contributed by atoms with Crippen LogP contribution in [0.25, 0.3) is 0 Å². The van der Waals surface area contributed by atoms with Crippen molar-refractivity contribution >= 4 is 21.9 Å². The smallest absolute Gasteiger partial charge is 0.225 e. The van der Waals surface area contributed by atoms with Crippen molar-refractivity contribution in [1.29, 1.82) is 0 Å². The Morgan fingerprint density at radius 2 is 1.94 bits per heavy atom. The largest absolute Gasteiger partial charge is 0.340 e. The summed E-state index contributed by atoms with van der Waals surface area (Å²) < 4.78 is 0. The fourth-order valence-corrected chi connectivity index (χ4v) is 2.52. The zero-order valence-corrected chi connectivity index (χ0v) is 11.7. The number of piperidine rings is 1. The van der Waals surface area contributed by atoms with Crippen LogP contribution in [0.2, 0.25) is 0 Å². The summed E-state index contributed by atoms with van der Waals surface area (Å²) in [4.78, 5) is 12.0. The van der Waals surface area contributed by atoms with Gasteiger partial charge in [0.1, 0.15) is 0 Å². The average Bonchev–Trinajstić information content (AvgIpc) is 2.20. The van der Waals surface area contributed by atoms with Gasteiger partial charge in [0.2, 0.25) is 5.95 Å². The number of alkyl halides is 1. The first-order chi connectivity index (χ1) is 7.56. The Morgan fingerprint density at radius 1 is 1.31 bits per heavy atom. The van der Waals surface area contributed by atoms with Crippen molar-refractivity contribution in [3.8, 4) is 0 Å². The van der Waals surface area contributed by atoms with Crippen molar-refractivity contribution in [1.82, 2.24) is 9.97 Å². The average molecular weight is 284 g/mol. The molecule has 1 aliphatic rings. The molecule has 0 N–H and O–H groups in total. The molecule has 3 nitrogen and oxygen atoms in total. The SMILES string of the molecule is Cc1cc(C)nc(N2CCC(Br)C(C)C2)n1. The van der Waals surface area contributed by atoms with Gasteiger partial charge in [0.15, 0.2) is 0 Å². The lowest BCUT2D eigenvalue weighted by Gasteiger charge is -2.34. The Balaban J connectivity index is 2.18. The normalized spacial score (nSPS) is 25.9. The minimum Gasteiger partial charge on any atom is -0.340 e. The van der Waals surface area contributed by atoms with E-state index in [0.717, 1.165) is 36.8 Å². The zero-order valence-electron chi connectivity index (χ0n) is 10.1. The predicted molar refractivity (Wildman–Crippen MR) is 70.2 cm³/mol. The lowest BCUT2D eigenvalue weighted by Crippen LogP contribution is -2.40. The molecule has 1 aliphatic heterocycles. The fraction of sp³-hybridized carbons (Fsp3) is 0.667. The molecule has 1 aromatic heterocycles. The highest BCUT2D eigenvalue weighted by atomic mass is 79.9. The maximum absolute atomic E-state index is 4.52. The number of aromatic nitrogens is 2. The third-order valence-electron chi connectivity index (χ3n) is 3.05. The molecule has 0 amide bonds. The summed E-state index contributed by atoms with van der Waals surface area (Å²) in [5.74, 6) is 1.54. The molecular formula is C12H18BrN3. The number of nitrogens with zero attached hydrogens (tertiary/aromatic N) is 3. The van der Waals surface area contributed by atoms with E-state index in [9.17, 15) is 0 Å². The van der Waals surface area contributed by atoms with Crippen LogP contribution >= 0.6 is 15.9 Å². The van der Waals surface area contributed by atoms with Gasteiger partial charge in [0.05, 0.1) is 0 Å². The monoisotopic (exact) mass is 283 g/mol. The standard InChI is InChI=1S/C12H18BrN3/c1-8-7-16(5-4-11(8)13)12-14-9(2)6-10(3)15-12/h6,8,11H,4-5,7H2,1-3H3. The first kappa shape index (κ1) is 11.8. The van der Waals surface area contributed by atoms with E-state index in [2.05, 4.69) is 37.7 Å². The quantitative estimate of drug-likeness (QED) is 0.742. The molecule has 0 aromatic carbocycles. The molecule has 0 bridgehead atoms. The summed E-state index contributed by atoms with van der Waals surface area (Å²) in [7, 11) is 0. The summed E-state index contributed by atoms with van der Waals surface area (Å²) in [6.45, 7) is 8.41. The lowest BCUT2D eigenvalue weighted by atomic mass is 10.0. The first-order valence-corrected chi connectivity index (χ1v) is 6.69. The van der Waals surface area contributed by atoms with Crippen LogP contribution < -0.4 is 4.90 Å². The van der Waals surface area contributed by atoms with Crippen LogP contribution in [0.1, 0.15) is 24.7 Å². The van der Waals surface area contributed by atoms with Crippen molar-refractivity contribution in [3.63, 3.8) is 0 Å². The molecule has 1 fully saturated rings. The minimum absolute atomic E-state index is 0.634. The van der Waals surface area contributed by atoms with Gasteiger partial charge < -0.3 is 4.90 Å². The third-order valence-corrected chi connectivity index (χ3v) is 4.41. The van der Waals surface area contributed by atoms with Crippen molar-refractivity contribution in [3.05, 3.63) is 17.5 Å². The van der Waals surface area contributed by atoms with Gasteiger partial charge in [-0.25, -0.2) is 9.97 Å². The Labute approximate surface area is 105 Å². The second-order valence-electron chi connectivity index (χ2n) is 4.68. The summed E-state index contributed by atoms with van der Waals surface area (Å²) in [6.07, 6.45) is 1.16. The van der Waals surface area contributed by atoms with Crippen molar-refractivity contribution in [2.45, 2.75) is 32.0 Å².